The number of aryl methyl sites for hydroxylation is 2. The third kappa shape index (κ3) is 4.33. The van der Waals surface area contributed by atoms with Crippen LogP contribution in [0, 0.1) is 13.8 Å². The summed E-state index contributed by atoms with van der Waals surface area (Å²) in [5.41, 5.74) is 3.49. The first-order valence-corrected chi connectivity index (χ1v) is 7.66. The molecule has 0 saturated carbocycles. The third-order valence-electron chi connectivity index (χ3n) is 3.62. The summed E-state index contributed by atoms with van der Waals surface area (Å²) in [5, 5.41) is 3.24. The normalized spacial score (nSPS) is 10.3. The standard InChI is InChI=1S/C18H19ClN2O2/c1-12-8-9-15(10-13(12)2)20-18(23)11-21(14(3)22)17-7-5-4-6-16(17)19/h4-10H,11H2,1-3H3,(H,20,23). The fourth-order valence-electron chi connectivity index (χ4n) is 2.20. The summed E-state index contributed by atoms with van der Waals surface area (Å²) in [6.45, 7) is 5.31. The predicted molar refractivity (Wildman–Crippen MR) is 94.0 cm³/mol. The number of nitrogens with zero attached hydrogens (tertiary/aromatic N) is 1. The van der Waals surface area contributed by atoms with Gasteiger partial charge < -0.3 is 10.2 Å². The minimum atomic E-state index is -0.275. The van der Waals surface area contributed by atoms with E-state index in [0.29, 0.717) is 16.4 Å². The molecule has 2 rings (SSSR count). The van der Waals surface area contributed by atoms with E-state index in [1.54, 1.807) is 24.3 Å². The highest BCUT2D eigenvalue weighted by Crippen LogP contribution is 2.25. The summed E-state index contributed by atoms with van der Waals surface area (Å²) in [4.78, 5) is 25.5. The molecule has 0 spiro atoms. The number of para-hydroxylation sites is 1. The van der Waals surface area contributed by atoms with E-state index in [9.17, 15) is 9.59 Å². The Kier molecular flexibility index (Phi) is 5.40. The summed E-state index contributed by atoms with van der Waals surface area (Å²) < 4.78 is 0. The van der Waals surface area contributed by atoms with Crippen molar-refractivity contribution in [2.24, 2.45) is 0 Å². The van der Waals surface area contributed by atoms with Crippen LogP contribution in [0.5, 0.6) is 0 Å². The van der Waals surface area contributed by atoms with Crippen molar-refractivity contribution in [1.29, 1.82) is 0 Å². The van der Waals surface area contributed by atoms with E-state index in [2.05, 4.69) is 5.32 Å². The van der Waals surface area contributed by atoms with Crippen LogP contribution < -0.4 is 10.2 Å². The molecular formula is C18H19ClN2O2. The van der Waals surface area contributed by atoms with E-state index < -0.39 is 0 Å². The van der Waals surface area contributed by atoms with Crippen LogP contribution in [0.4, 0.5) is 11.4 Å². The van der Waals surface area contributed by atoms with E-state index in [4.69, 9.17) is 11.6 Å². The number of rotatable bonds is 4. The van der Waals surface area contributed by atoms with Crippen molar-refractivity contribution in [3.63, 3.8) is 0 Å². The Morgan fingerprint density at radius 2 is 1.78 bits per heavy atom. The molecule has 5 heteroatoms. The maximum atomic E-state index is 12.3. The van der Waals surface area contributed by atoms with Crippen LogP contribution in [0.2, 0.25) is 5.02 Å². The summed E-state index contributed by atoms with van der Waals surface area (Å²) >= 11 is 6.12. The minimum Gasteiger partial charge on any atom is -0.325 e. The fourth-order valence-corrected chi connectivity index (χ4v) is 2.44. The number of carbonyl (C=O) groups is 2. The van der Waals surface area contributed by atoms with Crippen molar-refractivity contribution >= 4 is 34.8 Å². The Morgan fingerprint density at radius 3 is 2.39 bits per heavy atom. The number of benzene rings is 2. The quantitative estimate of drug-likeness (QED) is 0.922. The zero-order valence-electron chi connectivity index (χ0n) is 13.4. The predicted octanol–water partition coefficient (Wildman–Crippen LogP) is 3.95. The zero-order valence-corrected chi connectivity index (χ0v) is 14.1. The molecule has 0 atom stereocenters. The van der Waals surface area contributed by atoms with Gasteiger partial charge in [0.25, 0.3) is 0 Å². The Hall–Kier alpha value is -2.33. The smallest absolute Gasteiger partial charge is 0.244 e. The van der Waals surface area contributed by atoms with E-state index in [1.807, 2.05) is 32.0 Å². The molecule has 23 heavy (non-hydrogen) atoms. The van der Waals surface area contributed by atoms with Gasteiger partial charge in [-0.15, -0.1) is 0 Å². The second kappa shape index (κ2) is 7.29. The Morgan fingerprint density at radius 1 is 1.09 bits per heavy atom. The van der Waals surface area contributed by atoms with Gasteiger partial charge in [-0.3, -0.25) is 9.59 Å². The third-order valence-corrected chi connectivity index (χ3v) is 3.94. The van der Waals surface area contributed by atoms with Crippen LogP contribution in [-0.2, 0) is 9.59 Å². The van der Waals surface area contributed by atoms with Crippen LogP contribution in [0.1, 0.15) is 18.1 Å². The second-order valence-electron chi connectivity index (χ2n) is 5.40. The number of carbonyl (C=O) groups excluding carboxylic acids is 2. The van der Waals surface area contributed by atoms with Crippen LogP contribution in [0.25, 0.3) is 0 Å². The first-order valence-electron chi connectivity index (χ1n) is 7.28. The van der Waals surface area contributed by atoms with Crippen LogP contribution in [0.15, 0.2) is 42.5 Å². The van der Waals surface area contributed by atoms with Crippen LogP contribution >= 0.6 is 11.6 Å². The number of hydrogen-bond donors (Lipinski definition) is 1. The van der Waals surface area contributed by atoms with Gasteiger partial charge in [0.2, 0.25) is 11.8 Å². The van der Waals surface area contributed by atoms with Crippen LogP contribution in [-0.4, -0.2) is 18.4 Å². The molecule has 0 saturated heterocycles. The molecule has 0 aromatic heterocycles. The van der Waals surface area contributed by atoms with E-state index in [1.165, 1.54) is 11.8 Å². The number of nitrogens with one attached hydrogen (secondary N) is 1. The summed E-state index contributed by atoms with van der Waals surface area (Å²) in [7, 11) is 0. The summed E-state index contributed by atoms with van der Waals surface area (Å²) in [6, 6.07) is 12.6. The molecule has 0 aliphatic rings. The highest BCUT2D eigenvalue weighted by molar-refractivity contribution is 6.33. The molecule has 1 N–H and O–H groups in total. The average Bonchev–Trinajstić information content (AvgIpc) is 2.49. The molecular weight excluding hydrogens is 312 g/mol. The maximum absolute atomic E-state index is 12.3. The van der Waals surface area contributed by atoms with Crippen molar-refractivity contribution in [2.45, 2.75) is 20.8 Å². The average molecular weight is 331 g/mol. The lowest BCUT2D eigenvalue weighted by molar-refractivity contribution is -0.120. The highest BCUT2D eigenvalue weighted by Gasteiger charge is 2.18. The minimum absolute atomic E-state index is 0.0913. The molecule has 0 aliphatic heterocycles. The van der Waals surface area contributed by atoms with Crippen molar-refractivity contribution < 1.29 is 9.59 Å². The molecule has 2 amide bonds. The monoisotopic (exact) mass is 330 g/mol. The van der Waals surface area contributed by atoms with Gasteiger partial charge in [-0.05, 0) is 49.2 Å². The van der Waals surface area contributed by atoms with Gasteiger partial charge >= 0.3 is 0 Å². The molecule has 0 unspecified atom stereocenters. The van der Waals surface area contributed by atoms with Gasteiger partial charge in [0.05, 0.1) is 10.7 Å². The molecule has 4 nitrogen and oxygen atoms in total. The van der Waals surface area contributed by atoms with E-state index in [-0.39, 0.29) is 18.4 Å². The zero-order chi connectivity index (χ0) is 17.0. The van der Waals surface area contributed by atoms with Gasteiger partial charge in [0.15, 0.2) is 0 Å². The van der Waals surface area contributed by atoms with E-state index in [0.717, 1.165) is 11.1 Å². The Labute approximate surface area is 141 Å². The summed E-state index contributed by atoms with van der Waals surface area (Å²) in [6.07, 6.45) is 0. The lowest BCUT2D eigenvalue weighted by Crippen LogP contribution is -2.36. The Bertz CT molecular complexity index is 744. The van der Waals surface area contributed by atoms with Gasteiger partial charge in [-0.2, -0.15) is 0 Å². The molecule has 0 bridgehead atoms. The Balaban J connectivity index is 2.14. The van der Waals surface area contributed by atoms with E-state index >= 15 is 0 Å². The first-order chi connectivity index (χ1) is 10.9. The van der Waals surface area contributed by atoms with Crippen molar-refractivity contribution in [1.82, 2.24) is 0 Å². The number of halogens is 1. The number of amides is 2. The largest absolute Gasteiger partial charge is 0.325 e. The summed E-state index contributed by atoms with van der Waals surface area (Å²) in [5.74, 6) is -0.517. The van der Waals surface area contributed by atoms with Crippen molar-refractivity contribution in [2.75, 3.05) is 16.8 Å². The molecule has 0 aliphatic carbocycles. The maximum Gasteiger partial charge on any atom is 0.244 e. The lowest BCUT2D eigenvalue weighted by atomic mass is 10.1. The fraction of sp³-hybridized carbons (Fsp3) is 0.222. The molecule has 0 radical (unpaired) electrons. The molecule has 2 aromatic rings. The second-order valence-corrected chi connectivity index (χ2v) is 5.81. The lowest BCUT2D eigenvalue weighted by Gasteiger charge is -2.21. The SMILES string of the molecule is CC(=O)N(CC(=O)Nc1ccc(C)c(C)c1)c1ccccc1Cl. The van der Waals surface area contributed by atoms with Gasteiger partial charge in [-0.1, -0.05) is 29.8 Å². The highest BCUT2D eigenvalue weighted by atomic mass is 35.5. The van der Waals surface area contributed by atoms with Gasteiger partial charge in [0.1, 0.15) is 6.54 Å². The van der Waals surface area contributed by atoms with Gasteiger partial charge in [0, 0.05) is 12.6 Å². The number of hydrogen-bond acceptors (Lipinski definition) is 2. The molecule has 120 valence electrons. The van der Waals surface area contributed by atoms with Gasteiger partial charge in [-0.25, -0.2) is 0 Å². The molecule has 0 fully saturated rings. The molecule has 2 aromatic carbocycles. The topological polar surface area (TPSA) is 49.4 Å². The number of anilines is 2. The first kappa shape index (κ1) is 17.0. The molecule has 0 heterocycles. The van der Waals surface area contributed by atoms with Crippen molar-refractivity contribution in [3.8, 4) is 0 Å². The van der Waals surface area contributed by atoms with Crippen molar-refractivity contribution in [3.05, 3.63) is 58.6 Å². The van der Waals surface area contributed by atoms with Crippen LogP contribution in [0.3, 0.4) is 0 Å².